The van der Waals surface area contributed by atoms with Crippen LogP contribution >= 0.6 is 0 Å². The van der Waals surface area contributed by atoms with Gasteiger partial charge in [-0.2, -0.15) is 5.10 Å². The first-order valence-electron chi connectivity index (χ1n) is 7.17. The van der Waals surface area contributed by atoms with E-state index in [4.69, 9.17) is 0 Å². The van der Waals surface area contributed by atoms with Gasteiger partial charge < -0.3 is 9.80 Å². The normalized spacial score (nSPS) is 16.4. The van der Waals surface area contributed by atoms with Gasteiger partial charge in [-0.3, -0.25) is 4.79 Å². The molecule has 0 unspecified atom stereocenters. The molecule has 2 rings (SSSR count). The Morgan fingerprint density at radius 3 is 2.85 bits per heavy atom. The first-order valence-corrected chi connectivity index (χ1v) is 7.17. The number of anilines is 1. The maximum atomic E-state index is 12.0. The monoisotopic (exact) mass is 274 g/mol. The molecule has 0 bridgehead atoms. The lowest BCUT2D eigenvalue weighted by Gasteiger charge is -2.22. The van der Waals surface area contributed by atoms with Crippen molar-refractivity contribution < 1.29 is 0 Å². The van der Waals surface area contributed by atoms with Crippen LogP contribution in [-0.2, 0) is 6.54 Å². The summed E-state index contributed by atoms with van der Waals surface area (Å²) in [5.74, 6) is 5.89. The van der Waals surface area contributed by atoms with Crippen LogP contribution in [0.15, 0.2) is 17.1 Å². The fourth-order valence-corrected chi connectivity index (χ4v) is 2.28. The summed E-state index contributed by atoms with van der Waals surface area (Å²) in [5, 5.41) is 4.22. The van der Waals surface area contributed by atoms with Gasteiger partial charge in [0, 0.05) is 32.1 Å². The molecule has 0 aromatic carbocycles. The molecule has 1 saturated heterocycles. The molecular formula is C15H22N4O. The SMILES string of the molecule is CCC#CCn1ncc(N2CCCN(C)CC2)cc1=O. The van der Waals surface area contributed by atoms with Gasteiger partial charge in [0.15, 0.2) is 0 Å². The summed E-state index contributed by atoms with van der Waals surface area (Å²) in [5.41, 5.74) is 0.843. The number of likely N-dealkylation sites (N-methyl/N-ethyl adjacent to an activating group) is 1. The minimum absolute atomic E-state index is 0.0782. The van der Waals surface area contributed by atoms with Crippen molar-refractivity contribution in [1.82, 2.24) is 14.7 Å². The summed E-state index contributed by atoms with van der Waals surface area (Å²) in [6, 6.07) is 1.67. The van der Waals surface area contributed by atoms with E-state index in [1.54, 1.807) is 12.3 Å². The molecule has 0 aliphatic carbocycles. The van der Waals surface area contributed by atoms with Crippen molar-refractivity contribution in [3.63, 3.8) is 0 Å². The maximum absolute atomic E-state index is 12.0. The zero-order valence-electron chi connectivity index (χ0n) is 12.3. The van der Waals surface area contributed by atoms with E-state index in [0.717, 1.165) is 44.7 Å². The second-order valence-corrected chi connectivity index (χ2v) is 5.06. The Morgan fingerprint density at radius 2 is 2.10 bits per heavy atom. The molecule has 108 valence electrons. The van der Waals surface area contributed by atoms with Crippen LogP contribution in [0.3, 0.4) is 0 Å². The first-order chi connectivity index (χ1) is 9.70. The third kappa shape index (κ3) is 3.84. The average molecular weight is 274 g/mol. The lowest BCUT2D eigenvalue weighted by atomic mass is 10.3. The van der Waals surface area contributed by atoms with Gasteiger partial charge in [-0.05, 0) is 20.0 Å². The van der Waals surface area contributed by atoms with Crippen LogP contribution in [0.2, 0.25) is 0 Å². The van der Waals surface area contributed by atoms with Gasteiger partial charge in [-0.1, -0.05) is 12.8 Å². The van der Waals surface area contributed by atoms with E-state index in [9.17, 15) is 4.79 Å². The summed E-state index contributed by atoms with van der Waals surface area (Å²) in [4.78, 5) is 16.6. The highest BCUT2D eigenvalue weighted by atomic mass is 16.1. The van der Waals surface area contributed by atoms with E-state index in [1.807, 2.05) is 6.92 Å². The van der Waals surface area contributed by atoms with E-state index in [0.29, 0.717) is 6.54 Å². The zero-order chi connectivity index (χ0) is 14.4. The molecule has 1 fully saturated rings. The predicted octanol–water partition coefficient (Wildman–Crippen LogP) is 0.799. The summed E-state index contributed by atoms with van der Waals surface area (Å²) in [7, 11) is 2.13. The van der Waals surface area contributed by atoms with Gasteiger partial charge in [0.2, 0.25) is 0 Å². The Morgan fingerprint density at radius 1 is 1.25 bits per heavy atom. The Hall–Kier alpha value is -1.80. The lowest BCUT2D eigenvalue weighted by Crippen LogP contribution is -2.31. The predicted molar refractivity (Wildman–Crippen MR) is 80.9 cm³/mol. The molecule has 1 aromatic heterocycles. The molecule has 5 nitrogen and oxygen atoms in total. The van der Waals surface area contributed by atoms with Crippen molar-refractivity contribution in [2.45, 2.75) is 26.3 Å². The highest BCUT2D eigenvalue weighted by molar-refractivity contribution is 5.43. The number of aromatic nitrogens is 2. The quantitative estimate of drug-likeness (QED) is 0.748. The number of rotatable bonds is 2. The minimum Gasteiger partial charge on any atom is -0.369 e. The Balaban J connectivity index is 2.10. The molecule has 0 spiro atoms. The Bertz CT molecular complexity index is 555. The van der Waals surface area contributed by atoms with Crippen molar-refractivity contribution >= 4 is 5.69 Å². The van der Waals surface area contributed by atoms with Gasteiger partial charge in [-0.15, -0.1) is 5.92 Å². The molecule has 20 heavy (non-hydrogen) atoms. The number of hydrogen-bond donors (Lipinski definition) is 0. The largest absolute Gasteiger partial charge is 0.369 e. The van der Waals surface area contributed by atoms with Gasteiger partial charge in [0.1, 0.15) is 6.54 Å². The molecule has 0 N–H and O–H groups in total. The molecule has 5 heteroatoms. The maximum Gasteiger partial charge on any atom is 0.269 e. The Labute approximate surface area is 120 Å². The zero-order valence-corrected chi connectivity index (χ0v) is 12.3. The van der Waals surface area contributed by atoms with Crippen LogP contribution in [0.5, 0.6) is 0 Å². The summed E-state index contributed by atoms with van der Waals surface area (Å²) in [6.07, 6.45) is 3.69. The second kappa shape index (κ2) is 7.11. The van der Waals surface area contributed by atoms with E-state index in [-0.39, 0.29) is 5.56 Å². The van der Waals surface area contributed by atoms with Crippen LogP contribution in [-0.4, -0.2) is 47.9 Å². The molecule has 0 radical (unpaired) electrons. The number of nitrogens with zero attached hydrogens (tertiary/aromatic N) is 4. The van der Waals surface area contributed by atoms with Crippen molar-refractivity contribution in [2.75, 3.05) is 38.1 Å². The van der Waals surface area contributed by atoms with Crippen LogP contribution in [0, 0.1) is 11.8 Å². The third-order valence-electron chi connectivity index (χ3n) is 3.47. The van der Waals surface area contributed by atoms with E-state index >= 15 is 0 Å². The molecule has 0 saturated carbocycles. The van der Waals surface area contributed by atoms with Gasteiger partial charge >= 0.3 is 0 Å². The fourth-order valence-electron chi connectivity index (χ4n) is 2.28. The molecule has 0 atom stereocenters. The van der Waals surface area contributed by atoms with Crippen molar-refractivity contribution in [3.05, 3.63) is 22.6 Å². The van der Waals surface area contributed by atoms with Crippen molar-refractivity contribution in [2.24, 2.45) is 0 Å². The van der Waals surface area contributed by atoms with Gasteiger partial charge in [0.05, 0.1) is 11.9 Å². The molecule has 1 aliphatic rings. The lowest BCUT2D eigenvalue weighted by molar-refractivity contribution is 0.360. The van der Waals surface area contributed by atoms with E-state index in [1.165, 1.54) is 4.68 Å². The standard InChI is InChI=1S/C15H22N4O/c1-3-4-5-9-19-15(20)12-14(13-16-19)18-8-6-7-17(2)10-11-18/h12-13H,3,6-11H2,1-2H3. The van der Waals surface area contributed by atoms with Crippen LogP contribution in [0.25, 0.3) is 0 Å². The molecule has 1 aliphatic heterocycles. The van der Waals surface area contributed by atoms with Crippen LogP contribution < -0.4 is 10.5 Å². The van der Waals surface area contributed by atoms with Crippen LogP contribution in [0.4, 0.5) is 5.69 Å². The third-order valence-corrected chi connectivity index (χ3v) is 3.47. The molecular weight excluding hydrogens is 252 g/mol. The number of hydrogen-bond acceptors (Lipinski definition) is 4. The van der Waals surface area contributed by atoms with Crippen molar-refractivity contribution in [1.29, 1.82) is 0 Å². The molecule has 1 aromatic rings. The summed E-state index contributed by atoms with van der Waals surface area (Å²) in [6.45, 7) is 6.40. The fraction of sp³-hybridized carbons (Fsp3) is 0.600. The highest BCUT2D eigenvalue weighted by Crippen LogP contribution is 2.12. The summed E-state index contributed by atoms with van der Waals surface area (Å²) >= 11 is 0. The average Bonchev–Trinajstić information content (AvgIpc) is 2.65. The van der Waals surface area contributed by atoms with Crippen molar-refractivity contribution in [3.8, 4) is 11.8 Å². The molecule has 0 amide bonds. The van der Waals surface area contributed by atoms with E-state index in [2.05, 4.69) is 33.8 Å². The van der Waals surface area contributed by atoms with Crippen LogP contribution in [0.1, 0.15) is 19.8 Å². The first kappa shape index (κ1) is 14.6. The highest BCUT2D eigenvalue weighted by Gasteiger charge is 2.13. The van der Waals surface area contributed by atoms with E-state index < -0.39 is 0 Å². The molecule has 2 heterocycles. The topological polar surface area (TPSA) is 41.4 Å². The minimum atomic E-state index is -0.0782. The second-order valence-electron chi connectivity index (χ2n) is 5.06. The van der Waals surface area contributed by atoms with Gasteiger partial charge in [-0.25, -0.2) is 4.68 Å². The smallest absolute Gasteiger partial charge is 0.269 e. The Kier molecular flexibility index (Phi) is 5.19. The summed E-state index contributed by atoms with van der Waals surface area (Å²) < 4.78 is 1.41. The van der Waals surface area contributed by atoms with Gasteiger partial charge in [0.25, 0.3) is 5.56 Å².